The van der Waals surface area contributed by atoms with Gasteiger partial charge in [0.2, 0.25) is 0 Å². The zero-order valence-electron chi connectivity index (χ0n) is 49.1. The molecule has 14 N–H and O–H groups in total. The Morgan fingerprint density at radius 1 is 0.524 bits per heavy atom. The summed E-state index contributed by atoms with van der Waals surface area (Å²) in [4.78, 5) is 14.8. The number of ether oxygens (including phenoxy) is 11. The van der Waals surface area contributed by atoms with Gasteiger partial charge in [0.15, 0.2) is 31.5 Å². The number of carbonyl (C=O) groups excluding carboxylic acids is 1. The molecule has 11 aliphatic rings. The first-order chi connectivity index (χ1) is 39.5. The second-order valence-electron chi connectivity index (χ2n) is 28.6. The third kappa shape index (κ3) is 9.88. The minimum absolute atomic E-state index is 0.0186. The van der Waals surface area contributed by atoms with E-state index in [1.807, 2.05) is 0 Å². The quantitative estimate of drug-likeness (QED) is 0.0815. The molecule has 2 unspecified atom stereocenters. The number of hydrogen-bond acceptors (Lipinski definition) is 26. The summed E-state index contributed by atoms with van der Waals surface area (Å²) < 4.78 is 68.9. The Morgan fingerprint density at radius 3 is 1.82 bits per heavy atom. The molecular formula is C58H94O26. The van der Waals surface area contributed by atoms with E-state index < -0.39 is 196 Å². The number of hydrogen-bond donors (Lipinski definition) is 14. The van der Waals surface area contributed by atoms with Gasteiger partial charge in [-0.05, 0) is 98.2 Å². The van der Waals surface area contributed by atoms with Crippen LogP contribution in [0, 0.1) is 50.2 Å². The van der Waals surface area contributed by atoms with Gasteiger partial charge in [-0.15, -0.1) is 0 Å². The molecule has 33 atom stereocenters. The predicted octanol–water partition coefficient (Wildman–Crippen LogP) is -3.04. The molecule has 6 saturated heterocycles. The van der Waals surface area contributed by atoms with E-state index in [0.717, 1.165) is 51.4 Å². The van der Waals surface area contributed by atoms with E-state index in [1.165, 1.54) is 6.92 Å². The first-order valence-electron chi connectivity index (χ1n) is 30.5. The second-order valence-corrected chi connectivity index (χ2v) is 28.6. The van der Waals surface area contributed by atoms with Crippen molar-refractivity contribution in [3.8, 4) is 0 Å². The summed E-state index contributed by atoms with van der Waals surface area (Å²) in [5, 5.41) is 153. The SMILES string of the molecule is C[C@@H]1O[C@@H](O[C@H]2[C@H](O)[C@@H](CO)O[C@@H](O[C@H]3CO[C@@H](O[C@H]4CC[C@@]5(C)C(CC[C@]6(C)C5CC[C@]57OC[C@@]8(CC[C@](C)(CO)C[C@H]85)C(=O)C[C@]76C)C4(C)C)[C@H](O[C@@H]4O[C@H](CO)[C@@H](O)[C@H](O)[C@H]4O)[C@H]3O)[C@@H]2O[C@@H]2OC[C@@H](O)[C@H](O)[C@H]2O)[C@H](O)[C@H](O)[C@H]1O. The van der Waals surface area contributed by atoms with Gasteiger partial charge < -0.3 is 124 Å². The van der Waals surface area contributed by atoms with Crippen molar-refractivity contribution in [3.63, 3.8) is 0 Å². The lowest BCUT2D eigenvalue weighted by atomic mass is 9.30. The first-order valence-corrected chi connectivity index (χ1v) is 30.5. The van der Waals surface area contributed by atoms with Gasteiger partial charge in [-0.2, -0.15) is 0 Å². The zero-order chi connectivity index (χ0) is 60.8. The van der Waals surface area contributed by atoms with E-state index in [2.05, 4.69) is 41.5 Å². The molecule has 0 aromatic rings. The lowest BCUT2D eigenvalue weighted by Crippen LogP contribution is -2.73. The van der Waals surface area contributed by atoms with Crippen LogP contribution in [0.4, 0.5) is 0 Å². The number of carbonyl (C=O) groups is 1. The average molecular weight is 1210 g/mol. The summed E-state index contributed by atoms with van der Waals surface area (Å²) in [5.41, 5.74) is -2.90. The maximum absolute atomic E-state index is 14.8. The molecule has 11 rings (SSSR count). The van der Waals surface area contributed by atoms with E-state index in [4.69, 9.17) is 52.1 Å². The van der Waals surface area contributed by atoms with E-state index in [0.29, 0.717) is 25.2 Å². The molecule has 84 heavy (non-hydrogen) atoms. The van der Waals surface area contributed by atoms with Crippen LogP contribution < -0.4 is 0 Å². The number of fused-ring (bicyclic) bond motifs is 4. The van der Waals surface area contributed by atoms with E-state index in [-0.39, 0.29) is 40.6 Å². The van der Waals surface area contributed by atoms with Crippen molar-refractivity contribution in [2.24, 2.45) is 50.2 Å². The van der Waals surface area contributed by atoms with Crippen molar-refractivity contribution >= 4 is 5.78 Å². The lowest BCUT2D eigenvalue weighted by molar-refractivity contribution is -0.404. The molecule has 0 aromatic carbocycles. The van der Waals surface area contributed by atoms with Crippen LogP contribution in [-0.4, -0.2) is 270 Å². The highest BCUT2D eigenvalue weighted by molar-refractivity contribution is 5.88. The summed E-state index contributed by atoms with van der Waals surface area (Å²) in [5.74, 6) is 0.583. The topological polar surface area (TPSA) is 402 Å². The molecular weight excluding hydrogens is 1110 g/mol. The third-order valence-corrected chi connectivity index (χ3v) is 23.9. The van der Waals surface area contributed by atoms with Gasteiger partial charge in [0, 0.05) is 24.4 Å². The number of Topliss-reactive ketones (excluding diaryl/α,β-unsaturated/α-hetero) is 1. The Morgan fingerprint density at radius 2 is 1.13 bits per heavy atom. The Labute approximate surface area is 488 Å². The average Bonchev–Trinajstić information content (AvgIpc) is 1.28. The second kappa shape index (κ2) is 23.1. The third-order valence-electron chi connectivity index (χ3n) is 23.9. The number of rotatable bonds is 13. The minimum Gasteiger partial charge on any atom is -0.396 e. The molecule has 26 nitrogen and oxygen atoms in total. The van der Waals surface area contributed by atoms with Gasteiger partial charge in [-0.1, -0.05) is 41.5 Å². The van der Waals surface area contributed by atoms with Crippen LogP contribution in [0.15, 0.2) is 0 Å². The zero-order valence-corrected chi connectivity index (χ0v) is 49.1. The van der Waals surface area contributed by atoms with Gasteiger partial charge in [0.1, 0.15) is 110 Å². The summed E-state index contributed by atoms with van der Waals surface area (Å²) in [7, 11) is 0. The Balaban J connectivity index is 0.866. The molecule has 11 fully saturated rings. The standard InChI is InChI=1S/C58H94O26/c1-24-34(64)39(69)42(72)48(77-24)82-44-37(67)27(19-60)79-51(46(44)84-47-41(71)35(65)25(62)20-74-47)80-28-21-75-50(45(38(28)68)83-49-43(73)40(70)36(66)26(18-59)78-49)81-33-10-11-54(5)29(52(33,2)3)8-12-55(6)30(54)9-13-58-31-16-53(4,22-61)14-15-57(31,23-76-58)32(63)17-56(55,58)7/h24-31,33-51,59-62,64-73H,8-23H2,1-7H3/t24-,25+,26+,27+,28-,29?,30?,31+,33-,34-,35-,36+,37+,38-,39+,40-,41+,42+,43+,44-,45+,46+,47-,48-,49-,50-,51-,53-,54-,55+,56-,57+,58-/m0/s1. The predicted molar refractivity (Wildman–Crippen MR) is 282 cm³/mol. The van der Waals surface area contributed by atoms with Gasteiger partial charge in [0.05, 0.1) is 56.3 Å². The molecule has 0 amide bonds. The normalized spacial score (nSPS) is 57.3. The maximum Gasteiger partial charge on any atom is 0.187 e. The van der Waals surface area contributed by atoms with Crippen molar-refractivity contribution in [2.45, 2.75) is 266 Å². The summed E-state index contributed by atoms with van der Waals surface area (Å²) in [6.07, 6.45) is -32.9. The highest BCUT2D eigenvalue weighted by Crippen LogP contribution is 2.80. The van der Waals surface area contributed by atoms with E-state index in [9.17, 15) is 76.3 Å². The van der Waals surface area contributed by atoms with Crippen molar-refractivity contribution < 1.29 is 128 Å². The largest absolute Gasteiger partial charge is 0.396 e. The van der Waals surface area contributed by atoms with Crippen LogP contribution in [0.3, 0.4) is 0 Å². The lowest BCUT2D eigenvalue weighted by Gasteiger charge is -2.74. The fraction of sp³-hybridized carbons (Fsp3) is 0.983. The Bertz CT molecular complexity index is 2340. The molecule has 0 radical (unpaired) electrons. The fourth-order valence-corrected chi connectivity index (χ4v) is 18.6. The van der Waals surface area contributed by atoms with E-state index in [1.54, 1.807) is 0 Å². The monoisotopic (exact) mass is 1210 g/mol. The molecule has 0 aromatic heterocycles. The van der Waals surface area contributed by atoms with Crippen molar-refractivity contribution in [2.75, 3.05) is 39.6 Å². The van der Waals surface area contributed by atoms with Crippen molar-refractivity contribution in [3.05, 3.63) is 0 Å². The summed E-state index contributed by atoms with van der Waals surface area (Å²) >= 11 is 0. The number of ketones is 1. The van der Waals surface area contributed by atoms with Crippen LogP contribution in [0.2, 0.25) is 0 Å². The molecule has 2 bridgehead atoms. The van der Waals surface area contributed by atoms with Crippen molar-refractivity contribution in [1.29, 1.82) is 0 Å². The van der Waals surface area contributed by atoms with Crippen LogP contribution in [-0.2, 0) is 56.9 Å². The van der Waals surface area contributed by atoms with Crippen LogP contribution in [0.1, 0.15) is 113 Å². The molecule has 6 heterocycles. The molecule has 5 aliphatic carbocycles. The first kappa shape index (κ1) is 64.2. The van der Waals surface area contributed by atoms with Crippen molar-refractivity contribution in [1.82, 2.24) is 0 Å². The van der Waals surface area contributed by atoms with Gasteiger partial charge in [-0.3, -0.25) is 4.79 Å². The summed E-state index contributed by atoms with van der Waals surface area (Å²) in [6.45, 7) is 12.7. The highest BCUT2D eigenvalue weighted by atomic mass is 16.8. The maximum atomic E-state index is 14.8. The number of aliphatic hydroxyl groups excluding tert-OH is 14. The molecule has 5 saturated carbocycles. The minimum atomic E-state index is -1.95. The molecule has 6 aliphatic heterocycles. The number of aliphatic hydroxyl groups is 14. The molecule has 482 valence electrons. The highest BCUT2D eigenvalue weighted by Gasteiger charge is 2.80. The smallest absolute Gasteiger partial charge is 0.187 e. The van der Waals surface area contributed by atoms with Crippen LogP contribution in [0.5, 0.6) is 0 Å². The van der Waals surface area contributed by atoms with Crippen LogP contribution in [0.25, 0.3) is 0 Å². The fourth-order valence-electron chi connectivity index (χ4n) is 18.6. The van der Waals surface area contributed by atoms with Gasteiger partial charge in [0.25, 0.3) is 0 Å². The van der Waals surface area contributed by atoms with Gasteiger partial charge in [-0.25, -0.2) is 0 Å². The molecule has 1 spiro atoms. The Kier molecular flexibility index (Phi) is 17.7. The van der Waals surface area contributed by atoms with E-state index >= 15 is 0 Å². The molecule has 26 heteroatoms. The summed E-state index contributed by atoms with van der Waals surface area (Å²) in [6, 6.07) is 0. The van der Waals surface area contributed by atoms with Crippen LogP contribution >= 0.6 is 0 Å². The Hall–Kier alpha value is -1.33. The van der Waals surface area contributed by atoms with Gasteiger partial charge >= 0.3 is 0 Å².